The Kier molecular flexibility index (Phi) is 4.70. The third-order valence-electron chi connectivity index (χ3n) is 4.02. The standard InChI is InChI=1S/C15H21F3N2/c1-2-20-10-6-5-9-13(19)14(20)11-7-3-4-8-12(11)15(16,17)18/h3-4,7-8,13-14H,2,5-6,9-10,19H2,1H3. The van der Waals surface area contributed by atoms with Gasteiger partial charge in [-0.25, -0.2) is 0 Å². The van der Waals surface area contributed by atoms with Gasteiger partial charge in [0.1, 0.15) is 0 Å². The summed E-state index contributed by atoms with van der Waals surface area (Å²) >= 11 is 0. The van der Waals surface area contributed by atoms with Gasteiger partial charge in [-0.2, -0.15) is 13.2 Å². The maximum atomic E-state index is 13.2. The lowest BCUT2D eigenvalue weighted by Crippen LogP contribution is -2.40. The first-order valence-corrected chi connectivity index (χ1v) is 7.11. The van der Waals surface area contributed by atoms with Crippen molar-refractivity contribution in [1.29, 1.82) is 0 Å². The van der Waals surface area contributed by atoms with Gasteiger partial charge in [0.05, 0.1) is 11.6 Å². The summed E-state index contributed by atoms with van der Waals surface area (Å²) in [5, 5.41) is 0. The molecule has 2 atom stereocenters. The summed E-state index contributed by atoms with van der Waals surface area (Å²) in [6.45, 7) is 3.49. The van der Waals surface area contributed by atoms with Crippen molar-refractivity contribution in [3.05, 3.63) is 35.4 Å². The van der Waals surface area contributed by atoms with Crippen molar-refractivity contribution in [3.63, 3.8) is 0 Å². The summed E-state index contributed by atoms with van der Waals surface area (Å²) in [5.74, 6) is 0. The van der Waals surface area contributed by atoms with Crippen LogP contribution in [0.2, 0.25) is 0 Å². The fourth-order valence-corrected chi connectivity index (χ4v) is 3.06. The van der Waals surface area contributed by atoms with E-state index in [1.807, 2.05) is 6.92 Å². The number of likely N-dealkylation sites (tertiary alicyclic amines) is 1. The molecule has 112 valence electrons. The fourth-order valence-electron chi connectivity index (χ4n) is 3.06. The quantitative estimate of drug-likeness (QED) is 0.900. The second-order valence-electron chi connectivity index (χ2n) is 5.32. The number of alkyl halides is 3. The highest BCUT2D eigenvalue weighted by molar-refractivity contribution is 5.33. The Balaban J connectivity index is 2.46. The van der Waals surface area contributed by atoms with E-state index in [0.717, 1.165) is 31.9 Å². The van der Waals surface area contributed by atoms with E-state index in [0.29, 0.717) is 12.1 Å². The molecule has 2 N–H and O–H groups in total. The SMILES string of the molecule is CCN1CCCCC(N)C1c1ccccc1C(F)(F)F. The molecule has 0 bridgehead atoms. The number of likely N-dealkylation sites (N-methyl/N-ethyl adjacent to an activating group) is 1. The Hall–Kier alpha value is -1.07. The number of halogens is 3. The predicted octanol–water partition coefficient (Wildman–Crippen LogP) is 3.58. The zero-order chi connectivity index (χ0) is 14.8. The second kappa shape index (κ2) is 6.14. The molecule has 0 amide bonds. The van der Waals surface area contributed by atoms with Crippen LogP contribution >= 0.6 is 0 Å². The lowest BCUT2D eigenvalue weighted by Gasteiger charge is -2.34. The number of nitrogens with two attached hydrogens (primary N) is 1. The van der Waals surface area contributed by atoms with E-state index >= 15 is 0 Å². The van der Waals surface area contributed by atoms with E-state index in [2.05, 4.69) is 4.90 Å². The monoisotopic (exact) mass is 286 g/mol. The van der Waals surface area contributed by atoms with Crippen LogP contribution < -0.4 is 5.73 Å². The van der Waals surface area contributed by atoms with Gasteiger partial charge in [-0.1, -0.05) is 31.5 Å². The van der Waals surface area contributed by atoms with Crippen LogP contribution in [0.4, 0.5) is 13.2 Å². The zero-order valence-electron chi connectivity index (χ0n) is 11.7. The van der Waals surface area contributed by atoms with Gasteiger partial charge in [0.15, 0.2) is 0 Å². The summed E-state index contributed by atoms with van der Waals surface area (Å²) in [4.78, 5) is 2.07. The van der Waals surface area contributed by atoms with Crippen LogP contribution in [0.3, 0.4) is 0 Å². The topological polar surface area (TPSA) is 29.3 Å². The first kappa shape index (κ1) is 15.3. The predicted molar refractivity (Wildman–Crippen MR) is 73.3 cm³/mol. The molecule has 0 spiro atoms. The van der Waals surface area contributed by atoms with Crippen LogP contribution in [0.15, 0.2) is 24.3 Å². The van der Waals surface area contributed by atoms with Gasteiger partial charge in [-0.3, -0.25) is 4.90 Å². The zero-order valence-corrected chi connectivity index (χ0v) is 11.7. The summed E-state index contributed by atoms with van der Waals surface area (Å²) in [6.07, 6.45) is -1.59. The van der Waals surface area contributed by atoms with Gasteiger partial charge >= 0.3 is 6.18 Å². The van der Waals surface area contributed by atoms with Crippen molar-refractivity contribution in [3.8, 4) is 0 Å². The number of benzene rings is 1. The van der Waals surface area contributed by atoms with E-state index in [4.69, 9.17) is 5.73 Å². The summed E-state index contributed by atoms with van der Waals surface area (Å²) in [6, 6.07) is 5.23. The molecule has 2 nitrogen and oxygen atoms in total. The van der Waals surface area contributed by atoms with Crippen LogP contribution in [0, 0.1) is 0 Å². The molecule has 1 aliphatic heterocycles. The van der Waals surface area contributed by atoms with Crippen LogP contribution in [-0.2, 0) is 6.18 Å². The lowest BCUT2D eigenvalue weighted by molar-refractivity contribution is -0.138. The Morgan fingerprint density at radius 3 is 2.60 bits per heavy atom. The molecule has 20 heavy (non-hydrogen) atoms. The summed E-state index contributed by atoms with van der Waals surface area (Å²) in [5.41, 5.74) is 5.94. The third-order valence-corrected chi connectivity index (χ3v) is 4.02. The normalized spacial score (nSPS) is 25.4. The Bertz CT molecular complexity index is 445. The van der Waals surface area contributed by atoms with Crippen molar-refractivity contribution in [2.24, 2.45) is 5.73 Å². The molecule has 0 aromatic heterocycles. The van der Waals surface area contributed by atoms with Crippen molar-refractivity contribution < 1.29 is 13.2 Å². The molecule has 1 aromatic carbocycles. The van der Waals surface area contributed by atoms with Crippen LogP contribution in [-0.4, -0.2) is 24.0 Å². The molecule has 0 saturated carbocycles. The van der Waals surface area contributed by atoms with E-state index in [-0.39, 0.29) is 12.1 Å². The highest BCUT2D eigenvalue weighted by atomic mass is 19.4. The Morgan fingerprint density at radius 2 is 1.95 bits per heavy atom. The largest absolute Gasteiger partial charge is 0.416 e. The van der Waals surface area contributed by atoms with Gasteiger partial charge in [0.25, 0.3) is 0 Å². The smallest absolute Gasteiger partial charge is 0.326 e. The van der Waals surface area contributed by atoms with Gasteiger partial charge in [-0.05, 0) is 37.6 Å². The molecule has 5 heteroatoms. The lowest BCUT2D eigenvalue weighted by atomic mass is 9.92. The van der Waals surface area contributed by atoms with Crippen molar-refractivity contribution >= 4 is 0 Å². The first-order valence-electron chi connectivity index (χ1n) is 7.11. The van der Waals surface area contributed by atoms with Crippen LogP contribution in [0.25, 0.3) is 0 Å². The molecule has 1 fully saturated rings. The minimum atomic E-state index is -4.33. The van der Waals surface area contributed by atoms with Crippen LogP contribution in [0.1, 0.15) is 43.4 Å². The highest BCUT2D eigenvalue weighted by Crippen LogP contribution is 2.38. The van der Waals surface area contributed by atoms with Crippen molar-refractivity contribution in [2.45, 2.75) is 44.4 Å². The summed E-state index contributed by atoms with van der Waals surface area (Å²) < 4.78 is 39.6. The van der Waals surface area contributed by atoms with E-state index in [1.165, 1.54) is 6.07 Å². The maximum Gasteiger partial charge on any atom is 0.416 e. The van der Waals surface area contributed by atoms with Crippen molar-refractivity contribution in [2.75, 3.05) is 13.1 Å². The molecule has 1 aromatic rings. The minimum Gasteiger partial charge on any atom is -0.326 e. The van der Waals surface area contributed by atoms with Gasteiger partial charge < -0.3 is 5.73 Å². The fraction of sp³-hybridized carbons (Fsp3) is 0.600. The molecule has 1 aliphatic rings. The molecule has 2 rings (SSSR count). The first-order chi connectivity index (χ1) is 9.45. The number of rotatable bonds is 2. The highest BCUT2D eigenvalue weighted by Gasteiger charge is 2.38. The third kappa shape index (κ3) is 3.15. The molecule has 1 saturated heterocycles. The molecular weight excluding hydrogens is 265 g/mol. The van der Waals surface area contributed by atoms with Crippen LogP contribution in [0.5, 0.6) is 0 Å². The van der Waals surface area contributed by atoms with E-state index in [1.54, 1.807) is 12.1 Å². The maximum absolute atomic E-state index is 13.2. The number of nitrogens with zero attached hydrogens (tertiary/aromatic N) is 1. The average molecular weight is 286 g/mol. The summed E-state index contributed by atoms with van der Waals surface area (Å²) in [7, 11) is 0. The molecular formula is C15H21F3N2. The van der Waals surface area contributed by atoms with E-state index < -0.39 is 11.7 Å². The number of hydrogen-bond acceptors (Lipinski definition) is 2. The molecule has 2 unspecified atom stereocenters. The van der Waals surface area contributed by atoms with Crippen molar-refractivity contribution in [1.82, 2.24) is 4.90 Å². The second-order valence-corrected chi connectivity index (χ2v) is 5.32. The molecule has 0 aliphatic carbocycles. The number of hydrogen-bond donors (Lipinski definition) is 1. The molecule has 0 radical (unpaired) electrons. The Labute approximate surface area is 117 Å². The average Bonchev–Trinajstić information content (AvgIpc) is 2.59. The Morgan fingerprint density at radius 1 is 1.25 bits per heavy atom. The van der Waals surface area contributed by atoms with Gasteiger partial charge in [0.2, 0.25) is 0 Å². The van der Waals surface area contributed by atoms with E-state index in [9.17, 15) is 13.2 Å². The van der Waals surface area contributed by atoms with Gasteiger partial charge in [-0.15, -0.1) is 0 Å². The minimum absolute atomic E-state index is 0.249. The van der Waals surface area contributed by atoms with Gasteiger partial charge in [0, 0.05) is 6.04 Å². The molecule has 1 heterocycles.